The van der Waals surface area contributed by atoms with E-state index in [9.17, 15) is 5.11 Å². The van der Waals surface area contributed by atoms with E-state index in [0.29, 0.717) is 0 Å². The number of hydrogen-bond donors (Lipinski definition) is 2. The van der Waals surface area contributed by atoms with Gasteiger partial charge in [-0.15, -0.1) is 11.3 Å². The van der Waals surface area contributed by atoms with Gasteiger partial charge in [-0.05, 0) is 65.6 Å². The Hall–Kier alpha value is -0.170. The van der Waals surface area contributed by atoms with Crippen LogP contribution in [0.2, 0.25) is 10.0 Å². The number of aryl methyl sites for hydroxylation is 1. The van der Waals surface area contributed by atoms with Crippen LogP contribution in [-0.4, -0.2) is 5.11 Å². The summed E-state index contributed by atoms with van der Waals surface area (Å²) < 4.78 is 1.32. The fourth-order valence-corrected chi connectivity index (χ4v) is 5.13. The first-order valence-corrected chi connectivity index (χ1v) is 8.92. The number of rotatable bonds is 2. The fourth-order valence-electron chi connectivity index (χ4n) is 2.52. The van der Waals surface area contributed by atoms with Crippen molar-refractivity contribution in [1.29, 1.82) is 0 Å². The molecule has 1 aliphatic rings. The minimum atomic E-state index is -0.0618. The lowest BCUT2D eigenvalue weighted by atomic mass is 9.94. The summed E-state index contributed by atoms with van der Waals surface area (Å²) >= 11 is 16.2. The number of phenols is 1. The van der Waals surface area contributed by atoms with Crippen molar-refractivity contribution in [3.05, 3.63) is 41.6 Å². The second-order valence-corrected chi connectivity index (χ2v) is 8.65. The van der Waals surface area contributed by atoms with E-state index in [2.05, 4.69) is 34.0 Å². The van der Waals surface area contributed by atoms with Gasteiger partial charge in [-0.3, -0.25) is 0 Å². The maximum atomic E-state index is 9.61. The lowest BCUT2D eigenvalue weighted by Gasteiger charge is -2.25. The van der Waals surface area contributed by atoms with Gasteiger partial charge in [-0.1, -0.05) is 23.2 Å². The fraction of sp³-hybridized carbons (Fsp3) is 0.286. The molecule has 1 atom stereocenters. The van der Waals surface area contributed by atoms with Crippen LogP contribution in [0.5, 0.6) is 5.75 Å². The summed E-state index contributed by atoms with van der Waals surface area (Å²) in [6.07, 6.45) is 3.44. The lowest BCUT2D eigenvalue weighted by Crippen LogP contribution is -2.15. The Morgan fingerprint density at radius 1 is 1.25 bits per heavy atom. The minimum absolute atomic E-state index is 0.0618. The number of halogens is 3. The average molecular weight is 440 g/mol. The van der Waals surface area contributed by atoms with Crippen molar-refractivity contribution in [3.8, 4) is 5.75 Å². The normalized spacial score (nSPS) is 17.9. The van der Waals surface area contributed by atoms with Crippen LogP contribution in [-0.2, 0) is 6.42 Å². The van der Waals surface area contributed by atoms with Crippen molar-refractivity contribution in [1.82, 2.24) is 0 Å². The largest absolute Gasteiger partial charge is 0.505 e. The molecule has 1 aromatic heterocycles. The molecule has 106 valence electrons. The number of nitrogens with one attached hydrogen (secondary N) is 1. The summed E-state index contributed by atoms with van der Waals surface area (Å²) in [5, 5.41) is 13.6. The summed E-state index contributed by atoms with van der Waals surface area (Å²) in [7, 11) is 0. The molecule has 1 heterocycles. The third-order valence-corrected chi connectivity index (χ3v) is 5.99. The van der Waals surface area contributed by atoms with Gasteiger partial charge in [0.15, 0.2) is 5.75 Å². The van der Waals surface area contributed by atoms with Gasteiger partial charge in [0.05, 0.1) is 19.0 Å². The van der Waals surface area contributed by atoms with E-state index in [1.165, 1.54) is 19.7 Å². The smallest absolute Gasteiger partial charge is 0.152 e. The molecule has 1 unspecified atom stereocenters. The number of phenolic OH excluding ortho intramolecular Hbond substituents is 1. The zero-order valence-electron chi connectivity index (χ0n) is 10.4. The van der Waals surface area contributed by atoms with Crippen LogP contribution in [0.1, 0.15) is 29.3 Å². The highest BCUT2D eigenvalue weighted by molar-refractivity contribution is 14.1. The molecule has 3 rings (SSSR count). The van der Waals surface area contributed by atoms with Crippen molar-refractivity contribution >= 4 is 62.8 Å². The van der Waals surface area contributed by atoms with E-state index >= 15 is 0 Å². The lowest BCUT2D eigenvalue weighted by molar-refractivity contribution is 0.476. The SMILES string of the molecule is Oc1c(Cl)cc(NC2CCCc3sc(I)cc32)cc1Cl. The van der Waals surface area contributed by atoms with E-state index in [-0.39, 0.29) is 21.8 Å². The number of anilines is 1. The Labute approximate surface area is 145 Å². The maximum absolute atomic E-state index is 9.61. The summed E-state index contributed by atoms with van der Waals surface area (Å²) in [5.74, 6) is -0.0618. The van der Waals surface area contributed by atoms with Crippen LogP contribution < -0.4 is 5.32 Å². The monoisotopic (exact) mass is 439 g/mol. The van der Waals surface area contributed by atoms with Gasteiger partial charge in [0.25, 0.3) is 0 Å². The highest BCUT2D eigenvalue weighted by Gasteiger charge is 2.23. The van der Waals surface area contributed by atoms with Crippen molar-refractivity contribution in [2.45, 2.75) is 25.3 Å². The van der Waals surface area contributed by atoms with Crippen LogP contribution in [0.3, 0.4) is 0 Å². The standard InChI is InChI=1S/C14H12Cl2INOS/c15-9-4-7(5-10(16)14(9)19)18-11-2-1-3-12-8(11)6-13(17)20-12/h4-6,11,18-19H,1-3H2. The van der Waals surface area contributed by atoms with E-state index in [4.69, 9.17) is 23.2 Å². The number of thiophene rings is 1. The molecule has 0 spiro atoms. The molecule has 0 saturated heterocycles. The zero-order valence-corrected chi connectivity index (χ0v) is 14.9. The van der Waals surface area contributed by atoms with E-state index in [1.54, 1.807) is 12.1 Å². The molecule has 1 aromatic carbocycles. The molecule has 0 bridgehead atoms. The number of hydrogen-bond acceptors (Lipinski definition) is 3. The molecule has 6 heteroatoms. The molecule has 2 N–H and O–H groups in total. The zero-order chi connectivity index (χ0) is 14.3. The third kappa shape index (κ3) is 2.89. The van der Waals surface area contributed by atoms with Crippen LogP contribution >= 0.6 is 57.1 Å². The Bertz CT molecular complexity index is 636. The van der Waals surface area contributed by atoms with E-state index < -0.39 is 0 Å². The van der Waals surface area contributed by atoms with E-state index in [1.807, 2.05) is 11.3 Å². The topological polar surface area (TPSA) is 32.3 Å². The average Bonchev–Trinajstić information content (AvgIpc) is 2.77. The van der Waals surface area contributed by atoms with Gasteiger partial charge in [-0.2, -0.15) is 0 Å². The van der Waals surface area contributed by atoms with Crippen LogP contribution in [0.15, 0.2) is 18.2 Å². The first kappa shape index (κ1) is 14.8. The molecular weight excluding hydrogens is 428 g/mol. The first-order valence-electron chi connectivity index (χ1n) is 6.27. The van der Waals surface area contributed by atoms with Crippen LogP contribution in [0, 0.1) is 2.88 Å². The van der Waals surface area contributed by atoms with Gasteiger partial charge < -0.3 is 10.4 Å². The predicted molar refractivity (Wildman–Crippen MR) is 94.5 cm³/mol. The highest BCUT2D eigenvalue weighted by Crippen LogP contribution is 2.40. The predicted octanol–water partition coefficient (Wildman–Crippen LogP) is 5.85. The molecule has 0 amide bonds. The van der Waals surface area contributed by atoms with Gasteiger partial charge in [0.2, 0.25) is 0 Å². The van der Waals surface area contributed by atoms with Gasteiger partial charge >= 0.3 is 0 Å². The van der Waals surface area contributed by atoms with E-state index in [0.717, 1.165) is 18.5 Å². The third-order valence-electron chi connectivity index (χ3n) is 3.44. The second-order valence-electron chi connectivity index (χ2n) is 4.81. The molecule has 2 nitrogen and oxygen atoms in total. The number of benzene rings is 1. The van der Waals surface area contributed by atoms with Gasteiger partial charge in [-0.25, -0.2) is 0 Å². The van der Waals surface area contributed by atoms with Crippen LogP contribution in [0.4, 0.5) is 5.69 Å². The summed E-state index contributed by atoms with van der Waals surface area (Å²) in [6, 6.07) is 5.97. The van der Waals surface area contributed by atoms with Crippen molar-refractivity contribution in [3.63, 3.8) is 0 Å². The number of fused-ring (bicyclic) bond motifs is 1. The summed E-state index contributed by atoms with van der Waals surface area (Å²) in [4.78, 5) is 1.47. The highest BCUT2D eigenvalue weighted by atomic mass is 127. The molecule has 20 heavy (non-hydrogen) atoms. The number of aromatic hydroxyl groups is 1. The Morgan fingerprint density at radius 2 is 1.95 bits per heavy atom. The summed E-state index contributed by atoms with van der Waals surface area (Å²) in [6.45, 7) is 0. The molecule has 0 radical (unpaired) electrons. The molecule has 0 saturated carbocycles. The molecular formula is C14H12Cl2INOS. The Kier molecular flexibility index (Phi) is 4.36. The van der Waals surface area contributed by atoms with Gasteiger partial charge in [0, 0.05) is 10.6 Å². The molecule has 0 fully saturated rings. The quantitative estimate of drug-likeness (QED) is 0.454. The molecule has 2 aromatic rings. The Morgan fingerprint density at radius 3 is 2.65 bits per heavy atom. The van der Waals surface area contributed by atoms with Crippen LogP contribution in [0.25, 0.3) is 0 Å². The molecule has 0 aliphatic heterocycles. The van der Waals surface area contributed by atoms with Gasteiger partial charge in [0.1, 0.15) is 0 Å². The Balaban J connectivity index is 1.89. The second kappa shape index (κ2) is 5.91. The molecule has 1 aliphatic carbocycles. The minimum Gasteiger partial charge on any atom is -0.505 e. The summed E-state index contributed by atoms with van der Waals surface area (Å²) in [5.41, 5.74) is 2.22. The van der Waals surface area contributed by atoms with Crippen molar-refractivity contribution in [2.75, 3.05) is 5.32 Å². The van der Waals surface area contributed by atoms with Crippen molar-refractivity contribution in [2.24, 2.45) is 0 Å². The maximum Gasteiger partial charge on any atom is 0.152 e. The first-order chi connectivity index (χ1) is 9.54. The van der Waals surface area contributed by atoms with Crippen molar-refractivity contribution < 1.29 is 5.11 Å².